The van der Waals surface area contributed by atoms with Crippen LogP contribution in [0.25, 0.3) is 16.7 Å². The lowest BCUT2D eigenvalue weighted by atomic mass is 10.00. The number of aryl methyl sites for hydroxylation is 2. The zero-order valence-electron chi connectivity index (χ0n) is 19.9. The highest BCUT2D eigenvalue weighted by atomic mass is 19.4. The van der Waals surface area contributed by atoms with E-state index in [1.807, 2.05) is 49.0 Å². The quantitative estimate of drug-likeness (QED) is 0.249. The van der Waals surface area contributed by atoms with Crippen molar-refractivity contribution in [1.29, 1.82) is 0 Å². The van der Waals surface area contributed by atoms with Crippen molar-refractivity contribution in [2.24, 2.45) is 7.05 Å². The summed E-state index contributed by atoms with van der Waals surface area (Å²) in [5.74, 6) is 5.79. The number of halogens is 3. The van der Waals surface area contributed by atoms with Crippen LogP contribution in [0.3, 0.4) is 0 Å². The van der Waals surface area contributed by atoms with E-state index in [2.05, 4.69) is 26.9 Å². The fourth-order valence-corrected chi connectivity index (χ4v) is 3.92. The van der Waals surface area contributed by atoms with Crippen LogP contribution in [0.4, 0.5) is 13.2 Å². The molecule has 2 aromatic carbocycles. The number of nitrogens with zero attached hydrogens (tertiary/aromatic N) is 5. The Bertz CT molecular complexity index is 1700. The number of rotatable bonds is 4. The molecule has 3 heterocycles. The second-order valence-electron chi connectivity index (χ2n) is 8.62. The third-order valence-electron chi connectivity index (χ3n) is 5.90. The van der Waals surface area contributed by atoms with Gasteiger partial charge in [-0.3, -0.25) is 19.0 Å². The summed E-state index contributed by atoms with van der Waals surface area (Å²) < 4.78 is 42.6. The molecule has 0 unspecified atom stereocenters. The van der Waals surface area contributed by atoms with Crippen molar-refractivity contribution >= 4 is 16.8 Å². The first kappa shape index (κ1) is 24.0. The zero-order chi connectivity index (χ0) is 26.2. The van der Waals surface area contributed by atoms with E-state index in [0.717, 1.165) is 51.7 Å². The van der Waals surface area contributed by atoms with Gasteiger partial charge in [0.15, 0.2) is 5.78 Å². The summed E-state index contributed by atoms with van der Waals surface area (Å²) in [7, 11) is 1.85. The molecule has 0 amide bonds. The van der Waals surface area contributed by atoms with Crippen LogP contribution >= 0.6 is 0 Å². The second-order valence-corrected chi connectivity index (χ2v) is 8.62. The number of alkyl halides is 3. The van der Waals surface area contributed by atoms with Crippen molar-refractivity contribution in [2.45, 2.75) is 19.5 Å². The highest BCUT2D eigenvalue weighted by Crippen LogP contribution is 2.29. The third kappa shape index (κ3) is 5.14. The first-order valence-corrected chi connectivity index (χ1v) is 11.3. The number of pyridine rings is 1. The number of benzene rings is 2. The third-order valence-corrected chi connectivity index (χ3v) is 5.90. The molecule has 0 saturated carbocycles. The molecule has 0 saturated heterocycles. The van der Waals surface area contributed by atoms with Gasteiger partial charge >= 0.3 is 6.18 Å². The molecule has 37 heavy (non-hydrogen) atoms. The van der Waals surface area contributed by atoms with E-state index in [1.54, 1.807) is 29.3 Å². The normalized spacial score (nSPS) is 11.4. The molecule has 6 nitrogen and oxygen atoms in total. The van der Waals surface area contributed by atoms with E-state index in [0.29, 0.717) is 5.56 Å². The predicted octanol–water partition coefficient (Wildman–Crippen LogP) is 5.31. The van der Waals surface area contributed by atoms with E-state index < -0.39 is 17.5 Å². The zero-order valence-corrected chi connectivity index (χ0v) is 19.9. The highest BCUT2D eigenvalue weighted by molar-refractivity contribution is 5.96. The van der Waals surface area contributed by atoms with Gasteiger partial charge in [0, 0.05) is 37.0 Å². The second kappa shape index (κ2) is 9.39. The lowest BCUT2D eigenvalue weighted by Gasteiger charge is -2.08. The predicted molar refractivity (Wildman–Crippen MR) is 132 cm³/mol. The van der Waals surface area contributed by atoms with Gasteiger partial charge in [-0.2, -0.15) is 18.3 Å². The summed E-state index contributed by atoms with van der Waals surface area (Å²) in [5, 5.41) is 4.20. The standard InChI is InChI=1S/C28H20F3N5O/c1-18-3-4-20(13-27(37)25-14-22(9-10-32-25)28(29,30)31)11-21(18)7-5-19-6-8-26-24(12-19)33-17-36(26)23-15-34-35(2)16-23/h3-4,6,8-12,14-17H,13H2,1-2H3. The van der Waals surface area contributed by atoms with Crippen LogP contribution < -0.4 is 0 Å². The number of ketones is 1. The van der Waals surface area contributed by atoms with Crippen LogP contribution in [0.1, 0.15) is 38.3 Å². The van der Waals surface area contributed by atoms with E-state index in [-0.39, 0.29) is 12.1 Å². The molecule has 0 atom stereocenters. The Hall–Kier alpha value is -4.71. The Kier molecular flexibility index (Phi) is 6.09. The summed E-state index contributed by atoms with van der Waals surface area (Å²) in [5.41, 5.74) is 4.57. The largest absolute Gasteiger partial charge is 0.416 e. The Morgan fingerprint density at radius 1 is 1.03 bits per heavy atom. The summed E-state index contributed by atoms with van der Waals surface area (Å²) in [6.45, 7) is 1.91. The Morgan fingerprint density at radius 2 is 1.86 bits per heavy atom. The van der Waals surface area contributed by atoms with E-state index in [4.69, 9.17) is 0 Å². The molecule has 184 valence electrons. The molecule has 0 bridgehead atoms. The Balaban J connectivity index is 1.37. The molecule has 0 aliphatic rings. The fourth-order valence-electron chi connectivity index (χ4n) is 3.92. The van der Waals surface area contributed by atoms with Gasteiger partial charge in [0.2, 0.25) is 0 Å². The van der Waals surface area contributed by atoms with E-state index in [1.165, 1.54) is 0 Å². The average molecular weight is 499 g/mol. The average Bonchev–Trinajstić information content (AvgIpc) is 3.49. The van der Waals surface area contributed by atoms with Gasteiger partial charge in [0.25, 0.3) is 0 Å². The van der Waals surface area contributed by atoms with Crippen molar-refractivity contribution in [3.05, 3.63) is 107 Å². The van der Waals surface area contributed by atoms with Crippen LogP contribution in [0, 0.1) is 18.8 Å². The minimum atomic E-state index is -4.54. The smallest absolute Gasteiger partial charge is 0.296 e. The number of carbonyl (C=O) groups excluding carboxylic acids is 1. The topological polar surface area (TPSA) is 65.6 Å². The molecule has 3 aromatic heterocycles. The van der Waals surface area contributed by atoms with Gasteiger partial charge in [-0.25, -0.2) is 4.98 Å². The molecule has 0 radical (unpaired) electrons. The van der Waals surface area contributed by atoms with Gasteiger partial charge in [-0.1, -0.05) is 24.0 Å². The van der Waals surface area contributed by atoms with Crippen molar-refractivity contribution in [3.63, 3.8) is 0 Å². The van der Waals surface area contributed by atoms with Crippen molar-refractivity contribution in [1.82, 2.24) is 24.3 Å². The van der Waals surface area contributed by atoms with Crippen molar-refractivity contribution < 1.29 is 18.0 Å². The SMILES string of the molecule is Cc1ccc(CC(=O)c2cc(C(F)(F)F)ccn2)cc1C#Cc1ccc2c(c1)ncn2-c1cnn(C)c1. The maximum atomic E-state index is 13.0. The Labute approximate surface area is 210 Å². The van der Waals surface area contributed by atoms with Crippen LogP contribution in [0.5, 0.6) is 0 Å². The lowest BCUT2D eigenvalue weighted by molar-refractivity contribution is -0.137. The van der Waals surface area contributed by atoms with Gasteiger partial charge in [0.1, 0.15) is 12.0 Å². The molecule has 5 aromatic rings. The number of Topliss-reactive ketones (excluding diaryl/α,β-unsaturated/α-hetero) is 1. The van der Waals surface area contributed by atoms with Crippen LogP contribution in [0.2, 0.25) is 0 Å². The maximum Gasteiger partial charge on any atom is 0.416 e. The molecule has 0 aliphatic carbocycles. The summed E-state index contributed by atoms with van der Waals surface area (Å²) in [6, 6.07) is 12.8. The highest BCUT2D eigenvalue weighted by Gasteiger charge is 2.31. The number of aromatic nitrogens is 5. The minimum absolute atomic E-state index is 0.0823. The summed E-state index contributed by atoms with van der Waals surface area (Å²) in [6.07, 6.45) is 1.78. The molecular formula is C28H20F3N5O. The van der Waals surface area contributed by atoms with Crippen LogP contribution in [-0.4, -0.2) is 30.1 Å². The van der Waals surface area contributed by atoms with Gasteiger partial charge in [-0.05, 0) is 54.4 Å². The maximum absolute atomic E-state index is 13.0. The van der Waals surface area contributed by atoms with E-state index in [9.17, 15) is 18.0 Å². The number of imidazole rings is 1. The number of hydrogen-bond donors (Lipinski definition) is 0. The summed E-state index contributed by atoms with van der Waals surface area (Å²) in [4.78, 5) is 20.9. The molecule has 0 aliphatic heterocycles. The molecule has 0 spiro atoms. The number of fused-ring (bicyclic) bond motifs is 1. The Morgan fingerprint density at radius 3 is 2.62 bits per heavy atom. The lowest BCUT2D eigenvalue weighted by Crippen LogP contribution is -2.11. The first-order valence-electron chi connectivity index (χ1n) is 11.3. The summed E-state index contributed by atoms with van der Waals surface area (Å²) >= 11 is 0. The van der Waals surface area contributed by atoms with Gasteiger partial charge in [-0.15, -0.1) is 0 Å². The first-order chi connectivity index (χ1) is 17.7. The molecule has 5 rings (SSSR count). The van der Waals surface area contributed by atoms with Crippen molar-refractivity contribution in [3.8, 4) is 17.5 Å². The number of carbonyl (C=O) groups is 1. The molecule has 0 N–H and O–H groups in total. The van der Waals surface area contributed by atoms with Crippen LogP contribution in [-0.2, 0) is 19.6 Å². The van der Waals surface area contributed by atoms with Crippen molar-refractivity contribution in [2.75, 3.05) is 0 Å². The fraction of sp³-hybridized carbons (Fsp3) is 0.143. The molecule has 9 heteroatoms. The van der Waals surface area contributed by atoms with Gasteiger partial charge in [0.05, 0.1) is 28.5 Å². The van der Waals surface area contributed by atoms with Crippen LogP contribution in [0.15, 0.2) is 73.4 Å². The molecule has 0 fully saturated rings. The monoisotopic (exact) mass is 499 g/mol. The minimum Gasteiger partial charge on any atom is -0.296 e. The number of hydrogen-bond acceptors (Lipinski definition) is 4. The molecular weight excluding hydrogens is 479 g/mol. The van der Waals surface area contributed by atoms with E-state index >= 15 is 0 Å². The van der Waals surface area contributed by atoms with Gasteiger partial charge < -0.3 is 0 Å².